The SMILES string of the molecule is Cc1cc(C)c(NC(=O)COC(C)(C)C)c(Br)c1. The second-order valence-electron chi connectivity index (χ2n) is 5.39. The quantitative estimate of drug-likeness (QED) is 0.921. The Morgan fingerprint density at radius 3 is 2.44 bits per heavy atom. The van der Waals surface area contributed by atoms with Crippen LogP contribution in [0.3, 0.4) is 0 Å². The third-order valence-corrected chi connectivity index (χ3v) is 2.96. The highest BCUT2D eigenvalue weighted by Gasteiger charge is 2.14. The third kappa shape index (κ3) is 4.78. The minimum Gasteiger partial charge on any atom is -0.366 e. The summed E-state index contributed by atoms with van der Waals surface area (Å²) in [6.07, 6.45) is 0. The molecular weight excluding hydrogens is 294 g/mol. The monoisotopic (exact) mass is 313 g/mol. The van der Waals surface area contributed by atoms with Crippen LogP contribution < -0.4 is 5.32 Å². The summed E-state index contributed by atoms with van der Waals surface area (Å²) in [5, 5.41) is 2.87. The molecule has 0 heterocycles. The fourth-order valence-corrected chi connectivity index (χ4v) is 2.30. The standard InChI is InChI=1S/C14H20BrNO2/c1-9-6-10(2)13(11(15)7-9)16-12(17)8-18-14(3,4)5/h6-7H,8H2,1-5H3,(H,16,17). The Labute approximate surface area is 117 Å². The molecule has 1 aromatic carbocycles. The van der Waals surface area contributed by atoms with Crippen LogP contribution in [0.15, 0.2) is 16.6 Å². The number of rotatable bonds is 3. The summed E-state index contributed by atoms with van der Waals surface area (Å²) in [6.45, 7) is 9.82. The van der Waals surface area contributed by atoms with Gasteiger partial charge in [0.05, 0.1) is 11.3 Å². The van der Waals surface area contributed by atoms with Crippen LogP contribution in [0.2, 0.25) is 0 Å². The van der Waals surface area contributed by atoms with Gasteiger partial charge in [-0.15, -0.1) is 0 Å². The summed E-state index contributed by atoms with van der Waals surface area (Å²) in [5.74, 6) is -0.141. The average Bonchev–Trinajstić information content (AvgIpc) is 2.19. The van der Waals surface area contributed by atoms with E-state index in [1.54, 1.807) is 0 Å². The van der Waals surface area contributed by atoms with Crippen LogP contribution in [0, 0.1) is 13.8 Å². The van der Waals surface area contributed by atoms with E-state index in [1.165, 1.54) is 0 Å². The molecule has 18 heavy (non-hydrogen) atoms. The Hall–Kier alpha value is -0.870. The molecule has 0 radical (unpaired) electrons. The van der Waals surface area contributed by atoms with Crippen molar-refractivity contribution in [3.8, 4) is 0 Å². The molecular formula is C14H20BrNO2. The molecule has 3 nitrogen and oxygen atoms in total. The zero-order chi connectivity index (χ0) is 13.9. The minimum atomic E-state index is -0.309. The van der Waals surface area contributed by atoms with Crippen LogP contribution in [-0.2, 0) is 9.53 Å². The Kier molecular flexibility index (Phi) is 4.93. The molecule has 0 spiro atoms. The summed E-state index contributed by atoms with van der Waals surface area (Å²) < 4.78 is 6.33. The van der Waals surface area contributed by atoms with Crippen molar-refractivity contribution in [1.82, 2.24) is 0 Å². The van der Waals surface area contributed by atoms with E-state index in [-0.39, 0.29) is 18.1 Å². The van der Waals surface area contributed by atoms with Gasteiger partial charge in [0, 0.05) is 4.47 Å². The van der Waals surface area contributed by atoms with Crippen molar-refractivity contribution in [3.63, 3.8) is 0 Å². The zero-order valence-electron chi connectivity index (χ0n) is 11.6. The highest BCUT2D eigenvalue weighted by molar-refractivity contribution is 9.10. The Morgan fingerprint density at radius 2 is 1.94 bits per heavy atom. The fraction of sp³-hybridized carbons (Fsp3) is 0.500. The number of carbonyl (C=O) groups is 1. The first kappa shape index (κ1) is 15.2. The molecule has 1 amide bonds. The highest BCUT2D eigenvalue weighted by atomic mass is 79.9. The molecule has 100 valence electrons. The van der Waals surface area contributed by atoms with Crippen molar-refractivity contribution in [1.29, 1.82) is 0 Å². The molecule has 1 N–H and O–H groups in total. The number of carbonyl (C=O) groups excluding carboxylic acids is 1. The first-order chi connectivity index (χ1) is 8.19. The third-order valence-electron chi connectivity index (χ3n) is 2.33. The normalized spacial score (nSPS) is 11.4. The van der Waals surface area contributed by atoms with E-state index in [9.17, 15) is 4.79 Å². The number of amides is 1. The van der Waals surface area contributed by atoms with Crippen LogP contribution in [-0.4, -0.2) is 18.1 Å². The summed E-state index contributed by atoms with van der Waals surface area (Å²) in [6, 6.07) is 4.01. The number of hydrogen-bond donors (Lipinski definition) is 1. The van der Waals surface area contributed by atoms with Gasteiger partial charge in [0.25, 0.3) is 0 Å². The molecule has 0 aliphatic heterocycles. The molecule has 4 heteroatoms. The van der Waals surface area contributed by atoms with E-state index < -0.39 is 0 Å². The smallest absolute Gasteiger partial charge is 0.250 e. The lowest BCUT2D eigenvalue weighted by atomic mass is 10.1. The van der Waals surface area contributed by atoms with Gasteiger partial charge in [-0.1, -0.05) is 6.07 Å². The summed E-state index contributed by atoms with van der Waals surface area (Å²) in [4.78, 5) is 11.8. The van der Waals surface area contributed by atoms with Gasteiger partial charge in [0.15, 0.2) is 0 Å². The van der Waals surface area contributed by atoms with Crippen molar-refractivity contribution in [2.75, 3.05) is 11.9 Å². The van der Waals surface area contributed by atoms with Gasteiger partial charge < -0.3 is 10.1 Å². The Bertz CT molecular complexity index is 427. The number of ether oxygens (including phenoxy) is 1. The van der Waals surface area contributed by atoms with Crippen molar-refractivity contribution in [3.05, 3.63) is 27.7 Å². The van der Waals surface area contributed by atoms with E-state index in [0.717, 1.165) is 21.3 Å². The molecule has 0 aliphatic rings. The van der Waals surface area contributed by atoms with Crippen molar-refractivity contribution >= 4 is 27.5 Å². The van der Waals surface area contributed by atoms with Gasteiger partial charge >= 0.3 is 0 Å². The average molecular weight is 314 g/mol. The van der Waals surface area contributed by atoms with Gasteiger partial charge in [-0.3, -0.25) is 4.79 Å². The van der Waals surface area contributed by atoms with Crippen LogP contribution in [0.25, 0.3) is 0 Å². The lowest BCUT2D eigenvalue weighted by molar-refractivity contribution is -0.125. The molecule has 1 aromatic rings. The van der Waals surface area contributed by atoms with Crippen LogP contribution in [0.5, 0.6) is 0 Å². The van der Waals surface area contributed by atoms with Gasteiger partial charge in [0.1, 0.15) is 6.61 Å². The maximum Gasteiger partial charge on any atom is 0.250 e. The summed E-state index contributed by atoms with van der Waals surface area (Å²) in [7, 11) is 0. The fourth-order valence-electron chi connectivity index (χ4n) is 1.53. The van der Waals surface area contributed by atoms with E-state index in [0.29, 0.717) is 0 Å². The van der Waals surface area contributed by atoms with E-state index in [4.69, 9.17) is 4.74 Å². The second kappa shape index (κ2) is 5.85. The molecule has 1 rings (SSSR count). The number of hydrogen-bond acceptors (Lipinski definition) is 2. The number of benzene rings is 1. The molecule has 0 saturated heterocycles. The molecule has 0 atom stereocenters. The van der Waals surface area contributed by atoms with Crippen molar-refractivity contribution in [2.45, 2.75) is 40.2 Å². The first-order valence-corrected chi connectivity index (χ1v) is 6.69. The van der Waals surface area contributed by atoms with Gasteiger partial charge in [0.2, 0.25) is 5.91 Å². The number of anilines is 1. The molecule has 0 unspecified atom stereocenters. The Balaban J connectivity index is 2.71. The minimum absolute atomic E-state index is 0.0588. The topological polar surface area (TPSA) is 38.3 Å². The number of halogens is 1. The molecule has 0 bridgehead atoms. The number of nitrogens with one attached hydrogen (secondary N) is 1. The van der Waals surface area contributed by atoms with Crippen molar-refractivity contribution in [2.24, 2.45) is 0 Å². The van der Waals surface area contributed by atoms with Crippen LogP contribution >= 0.6 is 15.9 Å². The zero-order valence-corrected chi connectivity index (χ0v) is 13.1. The Morgan fingerprint density at radius 1 is 1.33 bits per heavy atom. The highest BCUT2D eigenvalue weighted by Crippen LogP contribution is 2.27. The lowest BCUT2D eigenvalue weighted by Crippen LogP contribution is -2.27. The van der Waals surface area contributed by atoms with E-state index in [2.05, 4.69) is 21.2 Å². The second-order valence-corrected chi connectivity index (χ2v) is 6.24. The van der Waals surface area contributed by atoms with Crippen LogP contribution in [0.4, 0.5) is 5.69 Å². The maximum atomic E-state index is 11.8. The first-order valence-electron chi connectivity index (χ1n) is 5.89. The van der Waals surface area contributed by atoms with Gasteiger partial charge in [-0.25, -0.2) is 0 Å². The largest absolute Gasteiger partial charge is 0.366 e. The predicted molar refractivity (Wildman–Crippen MR) is 78.0 cm³/mol. The summed E-state index contributed by atoms with van der Waals surface area (Å²) >= 11 is 3.46. The molecule has 0 aliphatic carbocycles. The van der Waals surface area contributed by atoms with Crippen molar-refractivity contribution < 1.29 is 9.53 Å². The van der Waals surface area contributed by atoms with E-state index in [1.807, 2.05) is 46.8 Å². The maximum absolute atomic E-state index is 11.8. The van der Waals surface area contributed by atoms with E-state index >= 15 is 0 Å². The van der Waals surface area contributed by atoms with Gasteiger partial charge in [-0.2, -0.15) is 0 Å². The summed E-state index contributed by atoms with van der Waals surface area (Å²) in [5.41, 5.74) is 2.69. The predicted octanol–water partition coefficient (Wildman–Crippen LogP) is 3.82. The van der Waals surface area contributed by atoms with Crippen LogP contribution in [0.1, 0.15) is 31.9 Å². The molecule has 0 aromatic heterocycles. The molecule has 0 fully saturated rings. The lowest BCUT2D eigenvalue weighted by Gasteiger charge is -2.19. The number of aryl methyl sites for hydroxylation is 2. The molecule has 0 saturated carbocycles. The van der Waals surface area contributed by atoms with Gasteiger partial charge in [-0.05, 0) is 67.7 Å².